The number of amides is 1. The smallest absolute Gasteiger partial charge is 0.256 e. The van der Waals surface area contributed by atoms with Gasteiger partial charge in [0.1, 0.15) is 5.82 Å². The fourth-order valence-electron chi connectivity index (χ4n) is 8.27. The van der Waals surface area contributed by atoms with Crippen LogP contribution in [0.15, 0.2) is 36.8 Å². The lowest BCUT2D eigenvalue weighted by Gasteiger charge is -2.55. The third-order valence-corrected chi connectivity index (χ3v) is 12.3. The van der Waals surface area contributed by atoms with Crippen LogP contribution in [-0.4, -0.2) is 114 Å². The van der Waals surface area contributed by atoms with Crippen LogP contribution in [-0.2, 0) is 16.4 Å². The molecule has 1 unspecified atom stereocenters. The summed E-state index contributed by atoms with van der Waals surface area (Å²) in [5.74, 6) is 1.13. The molecule has 1 atom stereocenters. The van der Waals surface area contributed by atoms with Crippen molar-refractivity contribution in [1.82, 2.24) is 28.6 Å². The largest absolute Gasteiger partial charge is 0.339 e. The standard InChI is InChI=1S/C36H51FN6O3S/c1-23(2)35(27-15-30(16-27)40-10-12-42(13-11-40)47(7,45)46)41-20-26(21-41)14-28-22-43(33-19-38-18-25(5)34(28)33)32-9-8-29(37)17-31(32)36(44)39(6)24(3)4/h8-9,17-19,22-24,26-27,30,35H,10-16,20-21H2,1-7H3/t27-,30+,35?. The minimum Gasteiger partial charge on any atom is -0.339 e. The molecule has 256 valence electrons. The maximum Gasteiger partial charge on any atom is 0.256 e. The van der Waals surface area contributed by atoms with Gasteiger partial charge in [-0.15, -0.1) is 0 Å². The highest BCUT2D eigenvalue weighted by Gasteiger charge is 2.45. The molecular weight excluding hydrogens is 616 g/mol. The van der Waals surface area contributed by atoms with Gasteiger partial charge in [0, 0.05) is 82.2 Å². The van der Waals surface area contributed by atoms with Crippen LogP contribution in [0.5, 0.6) is 0 Å². The van der Waals surface area contributed by atoms with Gasteiger partial charge in [0.15, 0.2) is 0 Å². The zero-order valence-corrected chi connectivity index (χ0v) is 29.8. The zero-order chi connectivity index (χ0) is 33.8. The van der Waals surface area contributed by atoms with Gasteiger partial charge in [0.05, 0.1) is 29.2 Å². The van der Waals surface area contributed by atoms with Crippen LogP contribution in [0, 0.1) is 30.5 Å². The summed E-state index contributed by atoms with van der Waals surface area (Å²) in [5.41, 5.74) is 4.28. The Morgan fingerprint density at radius 3 is 2.36 bits per heavy atom. The van der Waals surface area contributed by atoms with E-state index < -0.39 is 15.8 Å². The number of carbonyl (C=O) groups is 1. The summed E-state index contributed by atoms with van der Waals surface area (Å²) < 4.78 is 42.0. The highest BCUT2D eigenvalue weighted by molar-refractivity contribution is 7.88. The number of carbonyl (C=O) groups excluding carboxylic acids is 1. The van der Waals surface area contributed by atoms with Gasteiger partial charge in [0.2, 0.25) is 10.0 Å². The Kier molecular flexibility index (Phi) is 9.56. The van der Waals surface area contributed by atoms with Gasteiger partial charge in [-0.05, 0) is 87.1 Å². The van der Waals surface area contributed by atoms with Crippen LogP contribution in [0.3, 0.4) is 0 Å². The van der Waals surface area contributed by atoms with Crippen molar-refractivity contribution in [3.8, 4) is 5.69 Å². The highest BCUT2D eigenvalue weighted by atomic mass is 32.2. The van der Waals surface area contributed by atoms with Gasteiger partial charge in [-0.2, -0.15) is 4.31 Å². The molecule has 2 saturated heterocycles. The number of benzene rings is 1. The summed E-state index contributed by atoms with van der Waals surface area (Å²) in [5, 5.41) is 1.16. The first-order valence-electron chi connectivity index (χ1n) is 17.2. The van der Waals surface area contributed by atoms with Gasteiger partial charge in [-0.3, -0.25) is 19.6 Å². The summed E-state index contributed by atoms with van der Waals surface area (Å²) in [6.07, 6.45) is 10.5. The number of hydrogen-bond donors (Lipinski definition) is 0. The fraction of sp³-hybridized carbons (Fsp3) is 0.611. The monoisotopic (exact) mass is 666 g/mol. The van der Waals surface area contributed by atoms with E-state index in [9.17, 15) is 17.6 Å². The molecule has 0 N–H and O–H groups in total. The summed E-state index contributed by atoms with van der Waals surface area (Å²) in [6, 6.07) is 5.58. The van der Waals surface area contributed by atoms with Gasteiger partial charge in [0.25, 0.3) is 5.91 Å². The van der Waals surface area contributed by atoms with Crippen molar-refractivity contribution < 1.29 is 17.6 Å². The van der Waals surface area contributed by atoms with Crippen molar-refractivity contribution >= 4 is 26.8 Å². The van der Waals surface area contributed by atoms with E-state index in [0.29, 0.717) is 54.2 Å². The van der Waals surface area contributed by atoms with E-state index in [1.165, 1.54) is 36.8 Å². The maximum absolute atomic E-state index is 14.5. The van der Waals surface area contributed by atoms with E-state index in [4.69, 9.17) is 0 Å². The molecule has 47 heavy (non-hydrogen) atoms. The summed E-state index contributed by atoms with van der Waals surface area (Å²) >= 11 is 0. The van der Waals surface area contributed by atoms with Crippen LogP contribution < -0.4 is 0 Å². The lowest BCUT2D eigenvalue weighted by Crippen LogP contribution is -2.62. The number of halogens is 1. The predicted octanol–water partition coefficient (Wildman–Crippen LogP) is 4.81. The molecule has 3 fully saturated rings. The fourth-order valence-corrected chi connectivity index (χ4v) is 9.10. The second-order valence-corrected chi connectivity index (χ2v) is 16.9. The number of aryl methyl sites for hydroxylation is 1. The second-order valence-electron chi connectivity index (χ2n) is 14.9. The third kappa shape index (κ3) is 6.73. The van der Waals surface area contributed by atoms with Crippen LogP contribution >= 0.6 is 0 Å². The van der Waals surface area contributed by atoms with Crippen molar-refractivity contribution in [2.45, 2.75) is 72.0 Å². The molecule has 3 aliphatic rings. The number of fused-ring (bicyclic) bond motifs is 1. The molecule has 2 aromatic heterocycles. The molecule has 1 amide bonds. The van der Waals surface area contributed by atoms with Gasteiger partial charge >= 0.3 is 0 Å². The third-order valence-electron chi connectivity index (χ3n) is 11.0. The molecule has 3 aromatic rings. The molecule has 1 aliphatic carbocycles. The van der Waals surface area contributed by atoms with Crippen molar-refractivity contribution in [2.75, 3.05) is 52.6 Å². The van der Waals surface area contributed by atoms with Crippen molar-refractivity contribution in [1.29, 1.82) is 0 Å². The topological polar surface area (TPSA) is 82.0 Å². The molecule has 9 nitrogen and oxygen atoms in total. The number of likely N-dealkylation sites (tertiary alicyclic amines) is 1. The minimum atomic E-state index is -3.11. The average Bonchev–Trinajstić information content (AvgIpc) is 3.34. The molecule has 0 spiro atoms. The van der Waals surface area contributed by atoms with Crippen molar-refractivity contribution in [3.05, 3.63) is 59.3 Å². The molecule has 0 bridgehead atoms. The second kappa shape index (κ2) is 13.2. The number of nitrogens with zero attached hydrogens (tertiary/aromatic N) is 6. The van der Waals surface area contributed by atoms with Gasteiger partial charge < -0.3 is 9.47 Å². The van der Waals surface area contributed by atoms with Crippen LogP contribution in [0.2, 0.25) is 0 Å². The quantitative estimate of drug-likeness (QED) is 0.309. The number of sulfonamides is 1. The Morgan fingerprint density at radius 2 is 1.74 bits per heavy atom. The van der Waals surface area contributed by atoms with Gasteiger partial charge in [-0.1, -0.05) is 13.8 Å². The average molecular weight is 667 g/mol. The molecule has 4 heterocycles. The molecule has 6 rings (SSSR count). The van der Waals surface area contributed by atoms with Crippen LogP contribution in [0.1, 0.15) is 62.0 Å². The minimum absolute atomic E-state index is 0.0146. The van der Waals surface area contributed by atoms with E-state index in [1.54, 1.807) is 22.3 Å². The molecule has 1 saturated carbocycles. The predicted molar refractivity (Wildman–Crippen MR) is 185 cm³/mol. The first kappa shape index (κ1) is 34.0. The normalized spacial score (nSPS) is 22.5. The number of hydrogen-bond acceptors (Lipinski definition) is 6. The molecule has 11 heteroatoms. The SMILES string of the molecule is Cc1cncc2c1c(CC1CN(C(C(C)C)[C@H]3C[C@@H](N4CCN(S(C)(=O)=O)CC4)C3)C1)cn2-c1ccc(F)cc1C(=O)N(C)C(C)C. The summed E-state index contributed by atoms with van der Waals surface area (Å²) in [7, 11) is -1.35. The van der Waals surface area contributed by atoms with Crippen molar-refractivity contribution in [2.24, 2.45) is 17.8 Å². The first-order valence-corrected chi connectivity index (χ1v) is 19.0. The van der Waals surface area contributed by atoms with E-state index in [0.717, 1.165) is 49.1 Å². The Bertz CT molecular complexity index is 1720. The number of aromatic nitrogens is 2. The molecule has 0 radical (unpaired) electrons. The Morgan fingerprint density at radius 1 is 1.06 bits per heavy atom. The highest BCUT2D eigenvalue weighted by Crippen LogP contribution is 2.42. The zero-order valence-electron chi connectivity index (χ0n) is 29.0. The van der Waals surface area contributed by atoms with Crippen LogP contribution in [0.4, 0.5) is 4.39 Å². The van der Waals surface area contributed by atoms with Crippen LogP contribution in [0.25, 0.3) is 16.6 Å². The number of rotatable bonds is 10. The maximum atomic E-state index is 14.5. The summed E-state index contributed by atoms with van der Waals surface area (Å²) in [4.78, 5) is 24.8. The Labute approximate surface area is 279 Å². The molecule has 1 aromatic carbocycles. The van der Waals surface area contributed by atoms with E-state index in [2.05, 4.69) is 41.8 Å². The van der Waals surface area contributed by atoms with Crippen molar-refractivity contribution in [3.63, 3.8) is 0 Å². The summed E-state index contributed by atoms with van der Waals surface area (Å²) in [6.45, 7) is 15.7. The lowest BCUT2D eigenvalue weighted by atomic mass is 9.69. The molecular formula is C36H51FN6O3S. The number of piperazine rings is 1. The van der Waals surface area contributed by atoms with Gasteiger partial charge in [-0.25, -0.2) is 12.8 Å². The Hall–Kier alpha value is -2.86. The number of pyridine rings is 1. The Balaban J connectivity index is 1.15. The molecule has 2 aliphatic heterocycles. The van der Waals surface area contributed by atoms with E-state index in [-0.39, 0.29) is 11.9 Å². The van der Waals surface area contributed by atoms with E-state index in [1.807, 2.05) is 30.8 Å². The lowest BCUT2D eigenvalue weighted by molar-refractivity contribution is -0.0496. The first-order chi connectivity index (χ1) is 22.2. The van der Waals surface area contributed by atoms with E-state index >= 15 is 0 Å².